The summed E-state index contributed by atoms with van der Waals surface area (Å²) in [4.78, 5) is 18.9. The number of hydrogen-bond donors (Lipinski definition) is 1. The fourth-order valence-corrected chi connectivity index (χ4v) is 2.99. The van der Waals surface area contributed by atoms with Gasteiger partial charge in [-0.3, -0.25) is 9.88 Å². The number of nitrogens with one attached hydrogen (secondary N) is 1. The normalized spacial score (nSPS) is 18.8. The van der Waals surface area contributed by atoms with Crippen LogP contribution in [0.15, 0.2) is 43.1 Å². The molecule has 124 valence electrons. The predicted octanol–water partition coefficient (Wildman–Crippen LogP) is 1.78. The number of ether oxygens (including phenoxy) is 1. The maximum absolute atomic E-state index is 5.69. The van der Waals surface area contributed by atoms with Gasteiger partial charge in [-0.05, 0) is 12.1 Å². The van der Waals surface area contributed by atoms with Crippen molar-refractivity contribution >= 4 is 0 Å². The van der Waals surface area contributed by atoms with Crippen molar-refractivity contribution in [3.05, 3.63) is 54.8 Å². The molecule has 3 aromatic heterocycles. The van der Waals surface area contributed by atoms with Crippen LogP contribution in [0, 0.1) is 0 Å². The van der Waals surface area contributed by atoms with Gasteiger partial charge >= 0.3 is 0 Å². The number of hydrogen-bond acceptors (Lipinski definition) is 5. The standard InChI is InChI=1S/C17H20N6O/c1-22-7-6-19-16(22)11-23-8-9-24-12-15(23)17-20-10-14(21-17)13-2-4-18-5-3-13/h2-7,10,15H,8-9,11-12H2,1H3,(H,20,21). The molecule has 0 amide bonds. The molecule has 0 spiro atoms. The van der Waals surface area contributed by atoms with Gasteiger partial charge in [-0.2, -0.15) is 0 Å². The van der Waals surface area contributed by atoms with Gasteiger partial charge in [0, 0.05) is 43.9 Å². The molecule has 1 atom stereocenters. The SMILES string of the molecule is Cn1ccnc1CN1CCOCC1c1ncc(-c2ccncc2)[nH]1. The van der Waals surface area contributed by atoms with Crippen molar-refractivity contribution in [1.29, 1.82) is 0 Å². The number of rotatable bonds is 4. The Morgan fingerprint density at radius 3 is 2.92 bits per heavy atom. The first-order valence-electron chi connectivity index (χ1n) is 8.04. The molecule has 7 nitrogen and oxygen atoms in total. The van der Waals surface area contributed by atoms with Crippen LogP contribution in [-0.2, 0) is 18.3 Å². The number of H-pyrrole nitrogens is 1. The Bertz CT molecular complexity index is 796. The minimum Gasteiger partial charge on any atom is -0.378 e. The first-order valence-corrected chi connectivity index (χ1v) is 8.04. The Morgan fingerprint density at radius 1 is 1.25 bits per heavy atom. The van der Waals surface area contributed by atoms with Gasteiger partial charge in [0.05, 0.1) is 37.7 Å². The molecule has 24 heavy (non-hydrogen) atoms. The van der Waals surface area contributed by atoms with Gasteiger partial charge in [0.2, 0.25) is 0 Å². The lowest BCUT2D eigenvalue weighted by Gasteiger charge is -2.34. The van der Waals surface area contributed by atoms with Gasteiger partial charge in [-0.1, -0.05) is 0 Å². The van der Waals surface area contributed by atoms with Crippen LogP contribution in [0.3, 0.4) is 0 Å². The molecule has 1 aliphatic heterocycles. The maximum Gasteiger partial charge on any atom is 0.126 e. The van der Waals surface area contributed by atoms with Crippen LogP contribution in [-0.4, -0.2) is 49.2 Å². The largest absolute Gasteiger partial charge is 0.378 e. The lowest BCUT2D eigenvalue weighted by Crippen LogP contribution is -2.40. The predicted molar refractivity (Wildman–Crippen MR) is 89.0 cm³/mol. The maximum atomic E-state index is 5.69. The number of imidazole rings is 2. The lowest BCUT2D eigenvalue weighted by atomic mass is 10.2. The van der Waals surface area contributed by atoms with E-state index in [-0.39, 0.29) is 6.04 Å². The van der Waals surface area contributed by atoms with E-state index in [2.05, 4.69) is 29.4 Å². The van der Waals surface area contributed by atoms with Gasteiger partial charge in [0.15, 0.2) is 0 Å². The van der Waals surface area contributed by atoms with Crippen LogP contribution >= 0.6 is 0 Å². The Labute approximate surface area is 140 Å². The summed E-state index contributed by atoms with van der Waals surface area (Å²) in [5.41, 5.74) is 2.08. The number of nitrogens with zero attached hydrogens (tertiary/aromatic N) is 5. The Kier molecular flexibility index (Phi) is 4.10. The zero-order valence-electron chi connectivity index (χ0n) is 13.6. The van der Waals surface area contributed by atoms with Crippen molar-refractivity contribution in [2.24, 2.45) is 7.05 Å². The summed E-state index contributed by atoms with van der Waals surface area (Å²) in [5, 5.41) is 0. The number of pyridine rings is 1. The van der Waals surface area contributed by atoms with Crippen LogP contribution in [0.5, 0.6) is 0 Å². The monoisotopic (exact) mass is 324 g/mol. The highest BCUT2D eigenvalue weighted by molar-refractivity contribution is 5.57. The van der Waals surface area contributed by atoms with Crippen LogP contribution < -0.4 is 0 Å². The number of aromatic nitrogens is 5. The van der Waals surface area contributed by atoms with Crippen molar-refractivity contribution in [3.63, 3.8) is 0 Å². The second kappa shape index (κ2) is 6.54. The van der Waals surface area contributed by atoms with E-state index >= 15 is 0 Å². The van der Waals surface area contributed by atoms with Gasteiger partial charge in [-0.25, -0.2) is 9.97 Å². The summed E-state index contributed by atoms with van der Waals surface area (Å²) in [6, 6.07) is 4.05. The quantitative estimate of drug-likeness (QED) is 0.792. The molecule has 1 saturated heterocycles. The molecule has 1 fully saturated rings. The smallest absolute Gasteiger partial charge is 0.126 e. The molecule has 0 radical (unpaired) electrons. The lowest BCUT2D eigenvalue weighted by molar-refractivity contribution is -0.0170. The minimum absolute atomic E-state index is 0.103. The molecule has 1 unspecified atom stereocenters. The minimum atomic E-state index is 0.103. The van der Waals surface area contributed by atoms with Gasteiger partial charge < -0.3 is 14.3 Å². The van der Waals surface area contributed by atoms with E-state index in [0.29, 0.717) is 6.61 Å². The van der Waals surface area contributed by atoms with E-state index in [1.165, 1.54) is 0 Å². The van der Waals surface area contributed by atoms with Crippen molar-refractivity contribution in [2.45, 2.75) is 12.6 Å². The molecule has 3 aromatic rings. The Morgan fingerprint density at radius 2 is 2.12 bits per heavy atom. The van der Waals surface area contributed by atoms with Crippen LogP contribution in [0.25, 0.3) is 11.3 Å². The van der Waals surface area contributed by atoms with E-state index in [9.17, 15) is 0 Å². The summed E-state index contributed by atoms with van der Waals surface area (Å²) < 4.78 is 7.74. The van der Waals surface area contributed by atoms with Gasteiger partial charge in [0.25, 0.3) is 0 Å². The van der Waals surface area contributed by atoms with Crippen molar-refractivity contribution in [2.75, 3.05) is 19.8 Å². The number of aromatic amines is 1. The van der Waals surface area contributed by atoms with Crippen molar-refractivity contribution < 1.29 is 4.74 Å². The summed E-state index contributed by atoms with van der Waals surface area (Å²) in [6.07, 6.45) is 9.25. The van der Waals surface area contributed by atoms with Gasteiger partial charge in [-0.15, -0.1) is 0 Å². The highest BCUT2D eigenvalue weighted by atomic mass is 16.5. The van der Waals surface area contributed by atoms with E-state index < -0.39 is 0 Å². The average Bonchev–Trinajstić information content (AvgIpc) is 3.26. The van der Waals surface area contributed by atoms with E-state index in [0.717, 1.165) is 42.6 Å². The molecule has 1 aliphatic rings. The van der Waals surface area contributed by atoms with Crippen LogP contribution in [0.2, 0.25) is 0 Å². The molecular weight excluding hydrogens is 304 g/mol. The zero-order valence-corrected chi connectivity index (χ0v) is 13.6. The third-order valence-electron chi connectivity index (χ3n) is 4.41. The molecule has 4 rings (SSSR count). The summed E-state index contributed by atoms with van der Waals surface area (Å²) >= 11 is 0. The third-order valence-corrected chi connectivity index (χ3v) is 4.41. The number of morpholine rings is 1. The molecule has 1 N–H and O–H groups in total. The van der Waals surface area contributed by atoms with E-state index in [1.807, 2.05) is 37.8 Å². The molecule has 0 aromatic carbocycles. The van der Waals surface area contributed by atoms with Crippen molar-refractivity contribution in [1.82, 2.24) is 29.4 Å². The summed E-state index contributed by atoms with van der Waals surface area (Å²) in [5.74, 6) is 1.97. The summed E-state index contributed by atoms with van der Waals surface area (Å²) in [7, 11) is 2.02. The topological polar surface area (TPSA) is 71.9 Å². The van der Waals surface area contributed by atoms with E-state index in [1.54, 1.807) is 12.4 Å². The molecule has 0 aliphatic carbocycles. The highest BCUT2D eigenvalue weighted by Gasteiger charge is 2.28. The first-order chi connectivity index (χ1) is 11.8. The second-order valence-corrected chi connectivity index (χ2v) is 5.93. The van der Waals surface area contributed by atoms with Crippen molar-refractivity contribution in [3.8, 4) is 11.3 Å². The average molecular weight is 324 g/mol. The fraction of sp³-hybridized carbons (Fsp3) is 0.353. The third kappa shape index (κ3) is 2.95. The zero-order chi connectivity index (χ0) is 16.4. The highest BCUT2D eigenvalue weighted by Crippen LogP contribution is 2.26. The van der Waals surface area contributed by atoms with Gasteiger partial charge in [0.1, 0.15) is 11.6 Å². The first kappa shape index (κ1) is 15.0. The van der Waals surface area contributed by atoms with Crippen LogP contribution in [0.1, 0.15) is 17.7 Å². The Balaban J connectivity index is 1.57. The number of aryl methyl sites for hydroxylation is 1. The molecule has 4 heterocycles. The second-order valence-electron chi connectivity index (χ2n) is 5.93. The Hall–Kier alpha value is -2.51. The molecule has 0 bridgehead atoms. The molecular formula is C17H20N6O. The van der Waals surface area contributed by atoms with Crippen LogP contribution in [0.4, 0.5) is 0 Å². The fourth-order valence-electron chi connectivity index (χ4n) is 2.99. The summed E-state index contributed by atoms with van der Waals surface area (Å²) in [6.45, 7) is 3.01. The van der Waals surface area contributed by atoms with E-state index in [4.69, 9.17) is 4.74 Å². The molecule has 7 heteroatoms. The molecule has 0 saturated carbocycles.